The van der Waals surface area contributed by atoms with Gasteiger partial charge in [0.1, 0.15) is 12.4 Å². The highest BCUT2D eigenvalue weighted by atomic mass is 16.6. The van der Waals surface area contributed by atoms with E-state index < -0.39 is 4.92 Å². The third-order valence-electron chi connectivity index (χ3n) is 3.08. The van der Waals surface area contributed by atoms with Crippen LogP contribution in [0.2, 0.25) is 0 Å². The lowest BCUT2D eigenvalue weighted by Gasteiger charge is -2.13. The molecule has 23 heavy (non-hydrogen) atoms. The zero-order chi connectivity index (χ0) is 16.8. The van der Waals surface area contributed by atoms with Gasteiger partial charge in [0.25, 0.3) is 5.69 Å². The number of non-ortho nitro benzene ring substituents is 1. The Kier molecular flexibility index (Phi) is 5.27. The summed E-state index contributed by atoms with van der Waals surface area (Å²) >= 11 is 0. The Morgan fingerprint density at radius 3 is 2.43 bits per heavy atom. The lowest BCUT2D eigenvalue weighted by Crippen LogP contribution is -2.08. The maximum absolute atomic E-state index is 11.2. The molecule has 0 saturated carbocycles. The molecule has 2 rings (SSSR count). The zero-order valence-electron chi connectivity index (χ0n) is 12.5. The van der Waals surface area contributed by atoms with Crippen molar-refractivity contribution in [3.8, 4) is 5.75 Å². The van der Waals surface area contributed by atoms with Crippen molar-refractivity contribution in [2.45, 2.75) is 20.1 Å². The van der Waals surface area contributed by atoms with Crippen molar-refractivity contribution in [3.05, 3.63) is 63.7 Å². The van der Waals surface area contributed by atoms with Gasteiger partial charge in [0.05, 0.1) is 17.2 Å². The number of nitro groups is 1. The number of aliphatic hydroxyl groups is 1. The van der Waals surface area contributed by atoms with Gasteiger partial charge in [-0.25, -0.2) is 0 Å². The van der Waals surface area contributed by atoms with Gasteiger partial charge >= 0.3 is 0 Å². The minimum absolute atomic E-state index is 0.0139. The fourth-order valence-electron chi connectivity index (χ4n) is 1.96. The van der Waals surface area contributed by atoms with Crippen LogP contribution in [-0.4, -0.2) is 15.9 Å². The highest BCUT2D eigenvalue weighted by Crippen LogP contribution is 2.27. The van der Waals surface area contributed by atoms with Crippen molar-refractivity contribution in [1.29, 1.82) is 0 Å². The number of hydrogen-bond donors (Lipinski definition) is 2. The molecule has 7 heteroatoms. The van der Waals surface area contributed by atoms with Gasteiger partial charge in [-0.3, -0.25) is 14.9 Å². The van der Waals surface area contributed by atoms with Gasteiger partial charge in [-0.2, -0.15) is 0 Å². The number of amides is 1. The minimum atomic E-state index is -0.465. The van der Waals surface area contributed by atoms with Crippen molar-refractivity contribution in [2.24, 2.45) is 0 Å². The molecule has 0 aliphatic rings. The first kappa shape index (κ1) is 16.4. The highest BCUT2D eigenvalue weighted by Gasteiger charge is 2.08. The summed E-state index contributed by atoms with van der Waals surface area (Å²) in [6.45, 7) is 1.43. The number of benzene rings is 2. The van der Waals surface area contributed by atoms with E-state index in [2.05, 4.69) is 5.32 Å². The van der Waals surface area contributed by atoms with Crippen LogP contribution in [0, 0.1) is 10.1 Å². The molecule has 0 spiro atoms. The number of aliphatic hydroxyl groups excluding tert-OH is 1. The first-order chi connectivity index (χ1) is 11.0. The number of carbonyl (C=O) groups excluding carboxylic acids is 1. The molecule has 0 bridgehead atoms. The molecule has 0 aromatic heterocycles. The summed E-state index contributed by atoms with van der Waals surface area (Å²) in [5, 5.41) is 22.4. The van der Waals surface area contributed by atoms with E-state index in [1.807, 2.05) is 0 Å². The number of nitrogens with zero attached hydrogens (tertiary/aromatic N) is 1. The van der Waals surface area contributed by atoms with Gasteiger partial charge in [-0.05, 0) is 35.4 Å². The van der Waals surface area contributed by atoms with E-state index in [0.717, 1.165) is 5.56 Å². The van der Waals surface area contributed by atoms with Gasteiger partial charge in [0, 0.05) is 19.1 Å². The molecule has 0 fully saturated rings. The molecule has 2 aromatic rings. The number of carbonyl (C=O) groups is 1. The Balaban J connectivity index is 2.12. The smallest absolute Gasteiger partial charge is 0.269 e. The van der Waals surface area contributed by atoms with E-state index in [0.29, 0.717) is 17.0 Å². The molecule has 120 valence electrons. The molecule has 2 aromatic carbocycles. The number of hydrogen-bond acceptors (Lipinski definition) is 5. The molecule has 0 unspecified atom stereocenters. The fourth-order valence-corrected chi connectivity index (χ4v) is 1.96. The Morgan fingerprint density at radius 2 is 1.87 bits per heavy atom. The average Bonchev–Trinajstić information content (AvgIpc) is 2.53. The van der Waals surface area contributed by atoms with E-state index in [4.69, 9.17) is 9.84 Å². The molecular weight excluding hydrogens is 300 g/mol. The Hall–Kier alpha value is -2.93. The van der Waals surface area contributed by atoms with Gasteiger partial charge in [0.15, 0.2) is 0 Å². The molecule has 7 nitrogen and oxygen atoms in total. The highest BCUT2D eigenvalue weighted by molar-refractivity contribution is 5.90. The van der Waals surface area contributed by atoms with Crippen LogP contribution < -0.4 is 10.1 Å². The second-order valence-electron chi connectivity index (χ2n) is 4.88. The number of anilines is 1. The van der Waals surface area contributed by atoms with Crippen molar-refractivity contribution in [3.63, 3.8) is 0 Å². The fraction of sp³-hybridized carbons (Fsp3) is 0.188. The Bertz CT molecular complexity index is 713. The van der Waals surface area contributed by atoms with Crippen LogP contribution in [-0.2, 0) is 18.0 Å². The Labute approximate surface area is 132 Å². The minimum Gasteiger partial charge on any atom is -0.487 e. The number of nitro benzene ring substituents is 1. The summed E-state index contributed by atoms with van der Waals surface area (Å²) in [7, 11) is 0. The normalized spacial score (nSPS) is 10.2. The second-order valence-corrected chi connectivity index (χ2v) is 4.88. The van der Waals surface area contributed by atoms with E-state index in [1.165, 1.54) is 19.1 Å². The average molecular weight is 316 g/mol. The van der Waals surface area contributed by atoms with Crippen LogP contribution in [0.4, 0.5) is 11.4 Å². The summed E-state index contributed by atoms with van der Waals surface area (Å²) in [5.41, 5.74) is 1.89. The first-order valence-electron chi connectivity index (χ1n) is 6.87. The van der Waals surface area contributed by atoms with Crippen molar-refractivity contribution in [2.75, 3.05) is 5.32 Å². The maximum Gasteiger partial charge on any atom is 0.269 e. The molecule has 0 atom stereocenters. The van der Waals surface area contributed by atoms with E-state index in [-0.39, 0.29) is 24.8 Å². The lowest BCUT2D eigenvalue weighted by molar-refractivity contribution is -0.384. The van der Waals surface area contributed by atoms with Crippen LogP contribution in [0.15, 0.2) is 42.5 Å². The third-order valence-corrected chi connectivity index (χ3v) is 3.08. The number of ether oxygens (including phenoxy) is 1. The van der Waals surface area contributed by atoms with Gasteiger partial charge in [-0.15, -0.1) is 0 Å². The summed E-state index contributed by atoms with van der Waals surface area (Å²) in [5.74, 6) is 0.205. The van der Waals surface area contributed by atoms with E-state index >= 15 is 0 Å². The molecule has 1 amide bonds. The van der Waals surface area contributed by atoms with Crippen LogP contribution in [0.1, 0.15) is 18.1 Å². The van der Waals surface area contributed by atoms with E-state index in [9.17, 15) is 14.9 Å². The lowest BCUT2D eigenvalue weighted by atomic mass is 10.2. The topological polar surface area (TPSA) is 102 Å². The Morgan fingerprint density at radius 1 is 1.22 bits per heavy atom. The molecule has 2 N–H and O–H groups in total. The zero-order valence-corrected chi connectivity index (χ0v) is 12.5. The molecule has 0 aliphatic carbocycles. The predicted octanol–water partition coefficient (Wildman–Crippen LogP) is 2.62. The molecule has 0 radical (unpaired) electrons. The summed E-state index contributed by atoms with van der Waals surface area (Å²) in [6.07, 6.45) is 0. The van der Waals surface area contributed by atoms with Crippen LogP contribution in [0.25, 0.3) is 0 Å². The molecule has 0 heterocycles. The van der Waals surface area contributed by atoms with E-state index in [1.54, 1.807) is 30.3 Å². The van der Waals surface area contributed by atoms with Crippen LogP contribution >= 0.6 is 0 Å². The first-order valence-corrected chi connectivity index (χ1v) is 6.87. The maximum atomic E-state index is 11.2. The van der Waals surface area contributed by atoms with Crippen molar-refractivity contribution >= 4 is 17.3 Å². The van der Waals surface area contributed by atoms with Crippen LogP contribution in [0.5, 0.6) is 5.75 Å². The molecule has 0 saturated heterocycles. The summed E-state index contributed by atoms with van der Waals surface area (Å²) in [6, 6.07) is 11.0. The predicted molar refractivity (Wildman–Crippen MR) is 84.1 cm³/mol. The van der Waals surface area contributed by atoms with Crippen molar-refractivity contribution in [1.82, 2.24) is 0 Å². The summed E-state index contributed by atoms with van der Waals surface area (Å²) < 4.78 is 5.66. The molecule has 0 aliphatic heterocycles. The quantitative estimate of drug-likeness (QED) is 0.630. The largest absolute Gasteiger partial charge is 0.487 e. The monoisotopic (exact) mass is 316 g/mol. The van der Waals surface area contributed by atoms with Crippen LogP contribution in [0.3, 0.4) is 0 Å². The number of nitrogens with one attached hydrogen (secondary N) is 1. The van der Waals surface area contributed by atoms with Crippen molar-refractivity contribution < 1.29 is 19.6 Å². The van der Waals surface area contributed by atoms with Gasteiger partial charge < -0.3 is 15.2 Å². The number of rotatable bonds is 6. The van der Waals surface area contributed by atoms with Gasteiger partial charge in [0.2, 0.25) is 5.91 Å². The standard InChI is InChI=1S/C16H16N2O5/c1-11(20)17-15-8-13(9-19)4-7-16(15)23-10-12-2-5-14(6-3-12)18(21)22/h2-8,19H,9-10H2,1H3,(H,17,20). The SMILES string of the molecule is CC(=O)Nc1cc(CO)ccc1OCc1ccc([N+](=O)[O-])cc1. The molecular formula is C16H16N2O5. The summed E-state index contributed by atoms with van der Waals surface area (Å²) in [4.78, 5) is 21.4. The second kappa shape index (κ2) is 7.37. The van der Waals surface area contributed by atoms with Gasteiger partial charge in [-0.1, -0.05) is 6.07 Å². The third kappa shape index (κ3) is 4.52.